The Balaban J connectivity index is 2.68. The molecule has 0 bridgehead atoms. The summed E-state index contributed by atoms with van der Waals surface area (Å²) in [6.45, 7) is 2.81. The Kier molecular flexibility index (Phi) is 3.98. The number of nitrogens with one attached hydrogen (secondary N) is 1. The fourth-order valence-corrected chi connectivity index (χ4v) is 0.194. The van der Waals surface area contributed by atoms with Gasteiger partial charge in [-0.25, -0.2) is 4.94 Å². The molecule has 0 unspecified atom stereocenters. The molecular weight excluding hydrogens is 92.1 g/mol. The van der Waals surface area contributed by atoms with Crippen LogP contribution in [0.2, 0.25) is 0 Å². The first kappa shape index (κ1) is 6.88. The molecule has 3 heteroatoms. The van der Waals surface area contributed by atoms with Crippen LogP contribution in [-0.4, -0.2) is 25.7 Å². The second-order valence-corrected chi connectivity index (χ2v) is 1.40. The van der Waals surface area contributed by atoms with Crippen LogP contribution in [0.15, 0.2) is 0 Å². The quantitative estimate of drug-likeness (QED) is 0.510. The van der Waals surface area contributed by atoms with E-state index in [0.717, 1.165) is 6.54 Å². The molecule has 0 atom stereocenters. The smallest absolute Gasteiger partial charge is 0.0200 e. The normalized spacial score (nSPS) is 10.3. The van der Waals surface area contributed by atoms with Gasteiger partial charge in [0.25, 0.3) is 0 Å². The van der Waals surface area contributed by atoms with Gasteiger partial charge < -0.3 is 0 Å². The minimum absolute atomic E-state index is 0.832. The van der Waals surface area contributed by atoms with Crippen molar-refractivity contribution in [2.45, 2.75) is 6.92 Å². The van der Waals surface area contributed by atoms with E-state index in [-0.39, 0.29) is 0 Å². The Bertz CT molecular complexity index is 38.7. The Morgan fingerprint density at radius 1 is 1.57 bits per heavy atom. The van der Waals surface area contributed by atoms with Gasteiger partial charge >= 0.3 is 0 Å². The van der Waals surface area contributed by atoms with E-state index in [0.29, 0.717) is 0 Å². The summed E-state index contributed by atoms with van der Waals surface area (Å²) in [5, 5.41) is 1.60. The monoisotopic (exact) mass is 104 g/mol. The molecule has 0 radical (unpaired) electrons. The van der Waals surface area contributed by atoms with Crippen molar-refractivity contribution in [2.24, 2.45) is 0 Å². The number of hydrogen-bond acceptors (Lipinski definition) is 3. The van der Waals surface area contributed by atoms with Crippen molar-refractivity contribution in [3.05, 3.63) is 0 Å². The molecular formula is C4H12N2O. The maximum atomic E-state index is 4.77. The van der Waals surface area contributed by atoms with Crippen LogP contribution >= 0.6 is 0 Å². The molecule has 0 aromatic rings. The highest BCUT2D eigenvalue weighted by atomic mass is 16.8. The zero-order valence-corrected chi connectivity index (χ0v) is 5.06. The van der Waals surface area contributed by atoms with Crippen LogP contribution in [0.25, 0.3) is 0 Å². The molecule has 0 fully saturated rings. The van der Waals surface area contributed by atoms with E-state index in [1.165, 1.54) is 0 Å². The maximum absolute atomic E-state index is 4.77. The van der Waals surface area contributed by atoms with Gasteiger partial charge in [-0.15, -0.1) is 0 Å². The molecule has 0 saturated carbocycles. The molecule has 0 aromatic heterocycles. The van der Waals surface area contributed by atoms with Crippen molar-refractivity contribution >= 4 is 0 Å². The second kappa shape index (κ2) is 4.05. The molecule has 0 rings (SSSR count). The molecule has 1 N–H and O–H groups in total. The first-order valence-electron chi connectivity index (χ1n) is 2.34. The molecule has 0 spiro atoms. The summed E-state index contributed by atoms with van der Waals surface area (Å²) in [7, 11) is 3.64. The topological polar surface area (TPSA) is 24.5 Å². The number of rotatable bonds is 3. The van der Waals surface area contributed by atoms with E-state index in [1.807, 2.05) is 21.0 Å². The van der Waals surface area contributed by atoms with Crippen molar-refractivity contribution in [1.29, 1.82) is 0 Å². The van der Waals surface area contributed by atoms with Crippen molar-refractivity contribution in [3.63, 3.8) is 0 Å². The predicted molar refractivity (Wildman–Crippen MR) is 28.4 cm³/mol. The van der Waals surface area contributed by atoms with Crippen LogP contribution in [0.1, 0.15) is 6.92 Å². The van der Waals surface area contributed by atoms with Crippen LogP contribution in [0.5, 0.6) is 0 Å². The average molecular weight is 104 g/mol. The van der Waals surface area contributed by atoms with Gasteiger partial charge in [0.15, 0.2) is 0 Å². The van der Waals surface area contributed by atoms with Gasteiger partial charge in [0.1, 0.15) is 0 Å². The molecule has 3 nitrogen and oxygen atoms in total. The van der Waals surface area contributed by atoms with Crippen LogP contribution < -0.4 is 5.48 Å². The Morgan fingerprint density at radius 3 is 2.29 bits per heavy atom. The van der Waals surface area contributed by atoms with Gasteiger partial charge in [-0.05, 0) is 0 Å². The molecule has 0 aliphatic carbocycles. The Morgan fingerprint density at radius 2 is 2.14 bits per heavy atom. The van der Waals surface area contributed by atoms with Gasteiger partial charge in [0.2, 0.25) is 0 Å². The summed E-state index contributed by atoms with van der Waals surface area (Å²) < 4.78 is 0. The lowest BCUT2D eigenvalue weighted by Gasteiger charge is -2.07. The Labute approximate surface area is 44.2 Å². The molecule has 0 aromatic carbocycles. The van der Waals surface area contributed by atoms with Gasteiger partial charge in [-0.1, -0.05) is 6.92 Å². The molecule has 0 aliphatic rings. The van der Waals surface area contributed by atoms with Crippen molar-refractivity contribution < 1.29 is 4.94 Å². The maximum Gasteiger partial charge on any atom is 0.0200 e. The van der Waals surface area contributed by atoms with Crippen LogP contribution in [0.3, 0.4) is 0 Å². The van der Waals surface area contributed by atoms with Gasteiger partial charge in [-0.3, -0.25) is 0 Å². The fourth-order valence-electron chi connectivity index (χ4n) is 0.194. The largest absolute Gasteiger partial charge is 0.212 e. The molecule has 7 heavy (non-hydrogen) atoms. The minimum Gasteiger partial charge on any atom is -0.212 e. The van der Waals surface area contributed by atoms with E-state index < -0.39 is 0 Å². The molecule has 0 saturated heterocycles. The third kappa shape index (κ3) is 5.88. The molecule has 0 heterocycles. The fraction of sp³-hybridized carbons (Fsp3) is 1.00. The SMILES string of the molecule is CCNON(C)C. The van der Waals surface area contributed by atoms with Crippen molar-refractivity contribution in [1.82, 2.24) is 10.5 Å². The van der Waals surface area contributed by atoms with E-state index in [2.05, 4.69) is 5.48 Å². The first-order valence-corrected chi connectivity index (χ1v) is 2.34. The summed E-state index contributed by atoms with van der Waals surface area (Å²) >= 11 is 0. The zero-order valence-electron chi connectivity index (χ0n) is 5.06. The van der Waals surface area contributed by atoms with E-state index >= 15 is 0 Å². The predicted octanol–water partition coefficient (Wildman–Crippen LogP) is 0.00410. The summed E-state index contributed by atoms with van der Waals surface area (Å²) in [5.74, 6) is 0. The minimum atomic E-state index is 0.832. The van der Waals surface area contributed by atoms with E-state index in [4.69, 9.17) is 4.94 Å². The molecule has 0 amide bonds. The Hall–Kier alpha value is -0.120. The highest BCUT2D eigenvalue weighted by Gasteiger charge is 1.81. The summed E-state index contributed by atoms with van der Waals surface area (Å²) in [5.41, 5.74) is 2.67. The number of nitrogens with zero attached hydrogens (tertiary/aromatic N) is 1. The van der Waals surface area contributed by atoms with Crippen molar-refractivity contribution in [3.8, 4) is 0 Å². The molecule has 0 aliphatic heterocycles. The standard InChI is InChI=1S/C4H12N2O/c1-4-5-7-6(2)3/h5H,4H2,1-3H3. The summed E-state index contributed by atoms with van der Waals surface area (Å²) in [4.78, 5) is 4.77. The lowest BCUT2D eigenvalue weighted by Crippen LogP contribution is -2.24. The highest BCUT2D eigenvalue weighted by Crippen LogP contribution is 1.67. The summed E-state index contributed by atoms with van der Waals surface area (Å²) in [6.07, 6.45) is 0. The lowest BCUT2D eigenvalue weighted by atomic mass is 10.8. The molecule has 44 valence electrons. The van der Waals surface area contributed by atoms with Crippen molar-refractivity contribution in [2.75, 3.05) is 20.6 Å². The van der Waals surface area contributed by atoms with Gasteiger partial charge in [-0.2, -0.15) is 10.5 Å². The zero-order chi connectivity index (χ0) is 5.70. The third-order valence-electron chi connectivity index (χ3n) is 0.391. The third-order valence-corrected chi connectivity index (χ3v) is 0.391. The van der Waals surface area contributed by atoms with Crippen LogP contribution in [-0.2, 0) is 4.94 Å². The lowest BCUT2D eigenvalue weighted by molar-refractivity contribution is -0.175. The van der Waals surface area contributed by atoms with Crippen LogP contribution in [0, 0.1) is 0 Å². The number of hydroxylamine groups is 3. The first-order chi connectivity index (χ1) is 3.27. The van der Waals surface area contributed by atoms with Gasteiger partial charge in [0, 0.05) is 20.6 Å². The summed E-state index contributed by atoms with van der Waals surface area (Å²) in [6, 6.07) is 0. The van der Waals surface area contributed by atoms with E-state index in [9.17, 15) is 0 Å². The second-order valence-electron chi connectivity index (χ2n) is 1.40. The highest BCUT2D eigenvalue weighted by molar-refractivity contribution is 4.11. The number of hydrogen-bond donors (Lipinski definition) is 1. The van der Waals surface area contributed by atoms with Crippen LogP contribution in [0.4, 0.5) is 0 Å². The van der Waals surface area contributed by atoms with E-state index in [1.54, 1.807) is 5.06 Å². The van der Waals surface area contributed by atoms with Gasteiger partial charge in [0.05, 0.1) is 0 Å². The average Bonchev–Trinajstić information content (AvgIpc) is 1.61.